The van der Waals surface area contributed by atoms with E-state index in [4.69, 9.17) is 23.4 Å². The largest absolute Gasteiger partial charge is 0.508 e. The van der Waals surface area contributed by atoms with Gasteiger partial charge in [-0.05, 0) is 31.2 Å². The zero-order valence-corrected chi connectivity index (χ0v) is 22.3. The molecule has 2 fully saturated rings. The number of benzene rings is 2. The van der Waals surface area contributed by atoms with Crippen molar-refractivity contribution in [3.8, 4) is 40.1 Å². The van der Waals surface area contributed by atoms with Crippen LogP contribution < -0.4 is 14.9 Å². The number of hydrogen-bond donors (Lipinski definition) is 10. The monoisotopic (exact) mass is 610 g/mol. The molecule has 0 radical (unpaired) electrons. The van der Waals surface area contributed by atoms with Gasteiger partial charge < -0.3 is 74.4 Å². The summed E-state index contributed by atoms with van der Waals surface area (Å²) in [7, 11) is 0. The number of phenolic OH excluding ortho intramolecular Hbond substituents is 3. The van der Waals surface area contributed by atoms with E-state index in [0.29, 0.717) is 0 Å². The molecule has 0 aliphatic carbocycles. The van der Waals surface area contributed by atoms with Crippen LogP contribution in [0.3, 0.4) is 0 Å². The molecular formula is C27H30O16. The fourth-order valence-corrected chi connectivity index (χ4v) is 4.81. The molecule has 5 rings (SSSR count). The smallest absolute Gasteiger partial charge is 0.229 e. The zero-order valence-electron chi connectivity index (χ0n) is 22.3. The van der Waals surface area contributed by atoms with Crippen molar-refractivity contribution in [1.82, 2.24) is 0 Å². The number of aromatic hydroxyl groups is 3. The first-order chi connectivity index (χ1) is 20.3. The van der Waals surface area contributed by atoms with Crippen molar-refractivity contribution in [2.24, 2.45) is 0 Å². The van der Waals surface area contributed by atoms with E-state index in [-0.39, 0.29) is 17.1 Å². The molecule has 2 aliphatic heterocycles. The Kier molecular flexibility index (Phi) is 8.41. The van der Waals surface area contributed by atoms with Gasteiger partial charge in [-0.25, -0.2) is 0 Å². The van der Waals surface area contributed by atoms with Gasteiger partial charge in [0, 0.05) is 11.6 Å². The highest BCUT2D eigenvalue weighted by molar-refractivity contribution is 5.95. The average molecular weight is 611 g/mol. The Hall–Kier alpha value is -3.71. The van der Waals surface area contributed by atoms with Gasteiger partial charge in [0.15, 0.2) is 16.8 Å². The highest BCUT2D eigenvalue weighted by Gasteiger charge is 2.47. The summed E-state index contributed by atoms with van der Waals surface area (Å²) >= 11 is 0. The average Bonchev–Trinajstić information content (AvgIpc) is 2.98. The molecule has 43 heavy (non-hydrogen) atoms. The maximum Gasteiger partial charge on any atom is 0.229 e. The highest BCUT2D eigenvalue weighted by Crippen LogP contribution is 2.51. The second kappa shape index (κ2) is 11.8. The summed E-state index contributed by atoms with van der Waals surface area (Å²) in [5, 5.41) is 102. The van der Waals surface area contributed by atoms with Gasteiger partial charge in [-0.2, -0.15) is 0 Å². The maximum absolute atomic E-state index is 13.3. The SMILES string of the molecule is C[C@@H]1O[C@@H](Oc2c(O)c(O[C@@H]3O[C@H](CO)[C@@H](O)[C@H](O)[C@H]3O)c(O)c3c(=O)cc(-c4ccc(O)cc4)oc23)[C@H](O)[C@H](O)[C@H]1O. The fraction of sp³-hybridized carbons (Fsp3) is 0.444. The third-order valence-corrected chi connectivity index (χ3v) is 7.31. The summed E-state index contributed by atoms with van der Waals surface area (Å²) < 4.78 is 27.7. The molecule has 2 saturated heterocycles. The minimum absolute atomic E-state index is 0.0838. The van der Waals surface area contributed by atoms with Crippen LogP contribution in [0.5, 0.6) is 28.7 Å². The van der Waals surface area contributed by atoms with Gasteiger partial charge in [0.2, 0.25) is 29.8 Å². The molecule has 2 aromatic carbocycles. The lowest BCUT2D eigenvalue weighted by Gasteiger charge is -2.40. The quantitative estimate of drug-likeness (QED) is 0.144. The number of hydrogen-bond acceptors (Lipinski definition) is 16. The third kappa shape index (κ3) is 5.44. The van der Waals surface area contributed by atoms with E-state index < -0.39 is 107 Å². The molecule has 234 valence electrons. The van der Waals surface area contributed by atoms with Crippen LogP contribution in [0.2, 0.25) is 0 Å². The second-order valence-corrected chi connectivity index (χ2v) is 10.2. The van der Waals surface area contributed by atoms with Crippen LogP contribution >= 0.6 is 0 Å². The Labute approximate surface area is 241 Å². The van der Waals surface area contributed by atoms with Crippen molar-refractivity contribution in [2.45, 2.75) is 68.3 Å². The van der Waals surface area contributed by atoms with Gasteiger partial charge in [0.05, 0.1) is 12.7 Å². The van der Waals surface area contributed by atoms with E-state index in [9.17, 15) is 55.9 Å². The summed E-state index contributed by atoms with van der Waals surface area (Å²) in [5.74, 6) is -4.01. The topological polar surface area (TPSA) is 269 Å². The summed E-state index contributed by atoms with van der Waals surface area (Å²) in [6, 6.07) is 6.40. The first kappa shape index (κ1) is 30.7. The van der Waals surface area contributed by atoms with Crippen molar-refractivity contribution in [2.75, 3.05) is 6.61 Å². The van der Waals surface area contributed by atoms with E-state index in [0.717, 1.165) is 6.07 Å². The molecule has 0 spiro atoms. The molecule has 0 saturated carbocycles. The van der Waals surface area contributed by atoms with Gasteiger partial charge in [-0.15, -0.1) is 0 Å². The molecule has 0 amide bonds. The Morgan fingerprint density at radius 2 is 1.33 bits per heavy atom. The standard InChI is InChI=1S/C27H30O16/c1-8-15(31)18(34)20(36)26(39-8)43-25-22(38)24(42-27-21(37)19(35)16(32)13(7-28)41-27)17(33)14-11(30)6-12(40-23(14)25)9-2-4-10(29)5-3-9/h2-6,8,13,15-16,18-21,26-29,31-38H,7H2,1H3/t8-,13+,15-,16+,18+,19-,20+,21+,26-,27-/m0/s1. The predicted molar refractivity (Wildman–Crippen MR) is 140 cm³/mol. The Morgan fingerprint density at radius 1 is 0.744 bits per heavy atom. The van der Waals surface area contributed by atoms with Crippen LogP contribution in [0.25, 0.3) is 22.3 Å². The van der Waals surface area contributed by atoms with Gasteiger partial charge in [0.25, 0.3) is 0 Å². The van der Waals surface area contributed by atoms with Crippen LogP contribution in [-0.2, 0) is 9.47 Å². The third-order valence-electron chi connectivity index (χ3n) is 7.31. The van der Waals surface area contributed by atoms with Crippen LogP contribution in [-0.4, -0.2) is 119 Å². The van der Waals surface area contributed by atoms with Crippen molar-refractivity contribution >= 4 is 11.0 Å². The lowest BCUT2D eigenvalue weighted by atomic mass is 9.99. The van der Waals surface area contributed by atoms with E-state index in [2.05, 4.69) is 0 Å². The molecule has 0 unspecified atom stereocenters. The van der Waals surface area contributed by atoms with Crippen molar-refractivity contribution in [3.05, 3.63) is 40.6 Å². The summed E-state index contributed by atoms with van der Waals surface area (Å²) in [6.07, 6.45) is -17.0. The Bertz CT molecular complexity index is 1520. The van der Waals surface area contributed by atoms with Gasteiger partial charge >= 0.3 is 0 Å². The number of phenols is 3. The van der Waals surface area contributed by atoms with Crippen LogP contribution in [0, 0.1) is 0 Å². The van der Waals surface area contributed by atoms with Crippen LogP contribution in [0.4, 0.5) is 0 Å². The summed E-state index contributed by atoms with van der Waals surface area (Å²) in [6.45, 7) is 0.545. The summed E-state index contributed by atoms with van der Waals surface area (Å²) in [5.41, 5.74) is -1.21. The van der Waals surface area contributed by atoms with E-state index in [1.165, 1.54) is 31.2 Å². The minimum Gasteiger partial charge on any atom is -0.508 e. The van der Waals surface area contributed by atoms with Crippen LogP contribution in [0.1, 0.15) is 6.92 Å². The first-order valence-electron chi connectivity index (χ1n) is 13.0. The van der Waals surface area contributed by atoms with Gasteiger partial charge in [-0.3, -0.25) is 4.79 Å². The molecular weight excluding hydrogens is 580 g/mol. The van der Waals surface area contributed by atoms with Crippen LogP contribution in [0.15, 0.2) is 39.5 Å². The number of aliphatic hydroxyl groups is 7. The molecule has 3 heterocycles. The Balaban J connectivity index is 1.67. The van der Waals surface area contributed by atoms with E-state index in [1.807, 2.05) is 0 Å². The maximum atomic E-state index is 13.3. The second-order valence-electron chi connectivity index (χ2n) is 10.2. The lowest BCUT2D eigenvalue weighted by molar-refractivity contribution is -0.278. The predicted octanol–water partition coefficient (Wildman–Crippen LogP) is -2.04. The molecule has 1 aromatic heterocycles. The van der Waals surface area contributed by atoms with E-state index in [1.54, 1.807) is 0 Å². The van der Waals surface area contributed by atoms with Crippen molar-refractivity contribution in [3.63, 3.8) is 0 Å². The number of ether oxygens (including phenoxy) is 4. The normalized spacial score (nSPS) is 32.9. The van der Waals surface area contributed by atoms with E-state index >= 15 is 0 Å². The number of rotatable bonds is 6. The zero-order chi connectivity index (χ0) is 31.3. The molecule has 3 aromatic rings. The number of fused-ring (bicyclic) bond motifs is 1. The molecule has 16 nitrogen and oxygen atoms in total. The molecule has 10 N–H and O–H groups in total. The highest BCUT2D eigenvalue weighted by atomic mass is 16.7. The first-order valence-corrected chi connectivity index (χ1v) is 13.0. The van der Waals surface area contributed by atoms with Gasteiger partial charge in [-0.1, -0.05) is 0 Å². The van der Waals surface area contributed by atoms with Crippen molar-refractivity contribution < 1.29 is 74.4 Å². The minimum atomic E-state index is -1.98. The fourth-order valence-electron chi connectivity index (χ4n) is 4.81. The molecule has 0 bridgehead atoms. The van der Waals surface area contributed by atoms with Gasteiger partial charge in [0.1, 0.15) is 59.6 Å². The molecule has 2 aliphatic rings. The summed E-state index contributed by atoms with van der Waals surface area (Å²) in [4.78, 5) is 13.3. The Morgan fingerprint density at radius 3 is 1.95 bits per heavy atom. The lowest BCUT2D eigenvalue weighted by Crippen LogP contribution is -2.60. The molecule has 10 atom stereocenters. The van der Waals surface area contributed by atoms with Crippen molar-refractivity contribution in [1.29, 1.82) is 0 Å². The number of aliphatic hydroxyl groups excluding tert-OH is 7. The molecule has 16 heteroatoms.